The van der Waals surface area contributed by atoms with Crippen molar-refractivity contribution in [3.8, 4) is 0 Å². The number of rotatable bonds is 10. The highest BCUT2D eigenvalue weighted by Gasteiger charge is 2.17. The minimum absolute atomic E-state index is 0. The topological polar surface area (TPSA) is 7.76 Å². The van der Waals surface area contributed by atoms with Gasteiger partial charge in [-0.3, -0.25) is 0 Å². The van der Waals surface area contributed by atoms with Crippen LogP contribution in [0.2, 0.25) is 0 Å². The second-order valence-electron chi connectivity index (χ2n) is 6.02. The van der Waals surface area contributed by atoms with Crippen molar-refractivity contribution < 1.29 is 34.2 Å². The van der Waals surface area contributed by atoms with E-state index in [4.69, 9.17) is 0 Å². The van der Waals surface area contributed by atoms with E-state index in [0.29, 0.717) is 0 Å². The molecule has 0 fully saturated rings. The number of aryl methyl sites for hydroxylation is 1. The average molecular weight is 369 g/mol. The number of unbranched alkanes of at least 4 members (excludes halogenated alkanes) is 7. The van der Waals surface area contributed by atoms with E-state index >= 15 is 0 Å². The molecule has 0 spiro atoms. The number of pyridine rings is 2. The summed E-state index contributed by atoms with van der Waals surface area (Å²) in [7, 11) is 0. The predicted octanol–water partition coefficient (Wildman–Crippen LogP) is -1.74. The number of hydrogen-bond donors (Lipinski definition) is 0. The monoisotopic (exact) mass is 368 g/mol. The molecule has 0 aliphatic carbocycles. The molecule has 2 aromatic heterocycles. The van der Waals surface area contributed by atoms with E-state index < -0.39 is 0 Å². The van der Waals surface area contributed by atoms with Gasteiger partial charge in [0.1, 0.15) is 0 Å². The quantitative estimate of drug-likeness (QED) is 0.347. The summed E-state index contributed by atoms with van der Waals surface area (Å²) in [6, 6.07) is 12.7. The van der Waals surface area contributed by atoms with E-state index in [-0.39, 0.29) is 24.8 Å². The molecule has 2 heterocycles. The van der Waals surface area contributed by atoms with Gasteiger partial charge in [0, 0.05) is 30.7 Å². The van der Waals surface area contributed by atoms with Crippen molar-refractivity contribution in [1.29, 1.82) is 0 Å². The van der Waals surface area contributed by atoms with E-state index in [1.54, 1.807) is 0 Å². The third kappa shape index (κ3) is 8.12. The Kier molecular flexibility index (Phi) is 13.6. The van der Waals surface area contributed by atoms with Crippen LogP contribution >= 0.6 is 0 Å². The molecule has 0 N–H and O–H groups in total. The summed E-state index contributed by atoms with van der Waals surface area (Å²) in [5.41, 5.74) is 1.38. The van der Waals surface area contributed by atoms with Crippen molar-refractivity contribution in [3.05, 3.63) is 60.7 Å². The van der Waals surface area contributed by atoms with Crippen LogP contribution < -0.4 is 34.2 Å². The summed E-state index contributed by atoms with van der Waals surface area (Å²) in [6.45, 7) is 2.28. The van der Waals surface area contributed by atoms with E-state index in [2.05, 4.69) is 71.3 Å². The Hall–Kier alpha value is -1.12. The molecule has 134 valence electrons. The van der Waals surface area contributed by atoms with Gasteiger partial charge in [-0.2, -0.15) is 0 Å². The SMILES string of the molecule is CCCCCCCCCCc1cccc[n+]1-[n+]1ccccc1.[Cl-].[Cl-]. The van der Waals surface area contributed by atoms with Crippen molar-refractivity contribution in [1.82, 2.24) is 0 Å². The fourth-order valence-electron chi connectivity index (χ4n) is 2.87. The fourth-order valence-corrected chi connectivity index (χ4v) is 2.87. The van der Waals surface area contributed by atoms with Gasteiger partial charge in [0.2, 0.25) is 18.6 Å². The van der Waals surface area contributed by atoms with E-state index in [1.165, 1.54) is 57.1 Å². The third-order valence-corrected chi connectivity index (χ3v) is 4.16. The van der Waals surface area contributed by atoms with Crippen LogP contribution in [0.3, 0.4) is 0 Å². The van der Waals surface area contributed by atoms with E-state index in [1.807, 2.05) is 0 Å². The standard InChI is InChI=1S/C20H30N2.2ClH/c1-2-3-4-5-6-7-8-10-15-20-16-11-14-19-22(20)21-17-12-9-13-18-21;;/h9,11-14,16-19H,2-8,10,15H2,1H3;2*1H/q+2;;/p-2. The third-order valence-electron chi connectivity index (χ3n) is 4.16. The molecular formula is C20H30Cl2N2. The number of halogens is 2. The van der Waals surface area contributed by atoms with Gasteiger partial charge in [-0.1, -0.05) is 51.9 Å². The lowest BCUT2D eigenvalue weighted by atomic mass is 10.1. The highest BCUT2D eigenvalue weighted by molar-refractivity contribution is 4.96. The van der Waals surface area contributed by atoms with Crippen molar-refractivity contribution in [2.75, 3.05) is 0 Å². The number of hydrogen-bond acceptors (Lipinski definition) is 0. The van der Waals surface area contributed by atoms with Gasteiger partial charge in [-0.25, -0.2) is 0 Å². The molecule has 0 aliphatic rings. The van der Waals surface area contributed by atoms with Crippen LogP contribution in [-0.2, 0) is 6.42 Å². The molecule has 0 aliphatic heterocycles. The average Bonchev–Trinajstić information content (AvgIpc) is 2.58. The summed E-state index contributed by atoms with van der Waals surface area (Å²) in [5.74, 6) is 0. The van der Waals surface area contributed by atoms with E-state index in [0.717, 1.165) is 6.42 Å². The molecule has 0 amide bonds. The molecule has 2 nitrogen and oxygen atoms in total. The zero-order valence-corrected chi connectivity index (χ0v) is 16.2. The van der Waals surface area contributed by atoms with Gasteiger partial charge in [0.05, 0.1) is 9.35 Å². The maximum Gasteiger partial charge on any atom is 0.253 e. The summed E-state index contributed by atoms with van der Waals surface area (Å²) >= 11 is 0. The van der Waals surface area contributed by atoms with Crippen molar-refractivity contribution >= 4 is 0 Å². The molecule has 0 aromatic carbocycles. The van der Waals surface area contributed by atoms with Gasteiger partial charge >= 0.3 is 0 Å². The first-order valence-electron chi connectivity index (χ1n) is 8.88. The highest BCUT2D eigenvalue weighted by atomic mass is 35.5. The van der Waals surface area contributed by atoms with Crippen LogP contribution in [0, 0.1) is 0 Å². The molecule has 4 heteroatoms. The van der Waals surface area contributed by atoms with Crippen LogP contribution in [0.15, 0.2) is 55.0 Å². The summed E-state index contributed by atoms with van der Waals surface area (Å²) in [5, 5.41) is 0. The minimum atomic E-state index is 0. The number of nitrogens with zero attached hydrogens (tertiary/aromatic N) is 2. The van der Waals surface area contributed by atoms with Crippen molar-refractivity contribution in [3.63, 3.8) is 0 Å². The maximum absolute atomic E-state index is 2.28. The van der Waals surface area contributed by atoms with Gasteiger partial charge in [-0.05, 0) is 18.6 Å². The summed E-state index contributed by atoms with van der Waals surface area (Å²) in [6.07, 6.45) is 18.5. The first kappa shape index (κ1) is 22.9. The van der Waals surface area contributed by atoms with Crippen LogP contribution in [0.4, 0.5) is 0 Å². The second-order valence-corrected chi connectivity index (χ2v) is 6.02. The Bertz CT molecular complexity index is 532. The first-order chi connectivity index (χ1) is 10.9. The molecule has 0 saturated heterocycles. The first-order valence-corrected chi connectivity index (χ1v) is 8.88. The normalized spacial score (nSPS) is 9.88. The molecule has 0 bridgehead atoms. The molecule has 0 saturated carbocycles. The lowest BCUT2D eigenvalue weighted by Crippen LogP contribution is -3.00. The predicted molar refractivity (Wildman–Crippen MR) is 90.4 cm³/mol. The summed E-state index contributed by atoms with van der Waals surface area (Å²) < 4.78 is 4.38. The second kappa shape index (κ2) is 14.2. The molecule has 2 aromatic rings. The molecule has 0 radical (unpaired) electrons. The van der Waals surface area contributed by atoms with Crippen LogP contribution in [0.1, 0.15) is 64.0 Å². The molecule has 0 atom stereocenters. The lowest BCUT2D eigenvalue weighted by Gasteiger charge is -2.01. The van der Waals surface area contributed by atoms with Crippen LogP contribution in [-0.4, -0.2) is 0 Å². The Balaban J connectivity index is 0.00000264. The zero-order chi connectivity index (χ0) is 15.5. The Morgan fingerprint density at radius 1 is 0.667 bits per heavy atom. The maximum atomic E-state index is 2.28. The smallest absolute Gasteiger partial charge is 0.253 e. The van der Waals surface area contributed by atoms with Gasteiger partial charge in [-0.15, -0.1) is 0 Å². The highest BCUT2D eigenvalue weighted by Crippen LogP contribution is 2.09. The van der Waals surface area contributed by atoms with Gasteiger partial charge < -0.3 is 24.8 Å². The van der Waals surface area contributed by atoms with Crippen molar-refractivity contribution in [2.45, 2.75) is 64.7 Å². The lowest BCUT2D eigenvalue weighted by molar-refractivity contribution is -1.30. The zero-order valence-electron chi connectivity index (χ0n) is 14.7. The Labute approximate surface area is 159 Å². The van der Waals surface area contributed by atoms with Crippen LogP contribution in [0.25, 0.3) is 0 Å². The molecule has 24 heavy (non-hydrogen) atoms. The largest absolute Gasteiger partial charge is 1.00 e. The van der Waals surface area contributed by atoms with Crippen LogP contribution in [0.5, 0.6) is 0 Å². The van der Waals surface area contributed by atoms with Gasteiger partial charge in [0.25, 0.3) is 5.69 Å². The van der Waals surface area contributed by atoms with Crippen molar-refractivity contribution in [2.24, 2.45) is 0 Å². The van der Waals surface area contributed by atoms with E-state index in [9.17, 15) is 0 Å². The Morgan fingerprint density at radius 3 is 1.92 bits per heavy atom. The fraction of sp³-hybridized carbons (Fsp3) is 0.500. The molecule has 2 rings (SSSR count). The molecular weight excluding hydrogens is 339 g/mol. The summed E-state index contributed by atoms with van der Waals surface area (Å²) in [4.78, 5) is 0. The van der Waals surface area contributed by atoms with Gasteiger partial charge in [0.15, 0.2) is 0 Å². The minimum Gasteiger partial charge on any atom is -1.00 e. The Morgan fingerprint density at radius 2 is 1.25 bits per heavy atom. The molecule has 0 unspecified atom stereocenters. The number of aromatic nitrogens is 2.